The van der Waals surface area contributed by atoms with Crippen molar-refractivity contribution in [3.05, 3.63) is 35.9 Å². The maximum Gasteiger partial charge on any atom is 0.330 e. The van der Waals surface area contributed by atoms with Gasteiger partial charge in [-0.2, -0.15) is 0 Å². The summed E-state index contributed by atoms with van der Waals surface area (Å²) >= 11 is 0. The Kier molecular flexibility index (Phi) is 7.16. The van der Waals surface area contributed by atoms with Gasteiger partial charge in [0.1, 0.15) is 0 Å². The molecule has 0 radical (unpaired) electrons. The number of unbranched alkanes of at least 4 members (excludes halogenated alkanes) is 1. The molecule has 1 heterocycles. The van der Waals surface area contributed by atoms with Crippen LogP contribution in [0.3, 0.4) is 0 Å². The summed E-state index contributed by atoms with van der Waals surface area (Å²) in [6, 6.07) is 7.42. The second kappa shape index (κ2) is 9.14. The number of hydrogen-bond donors (Lipinski definition) is 2. The largest absolute Gasteiger partial charge is 0.479 e. The van der Waals surface area contributed by atoms with Gasteiger partial charge in [0.15, 0.2) is 6.04 Å². The Morgan fingerprint density at radius 2 is 1.85 bits per heavy atom. The number of sulfonamides is 1. The molecule has 2 N–H and O–H groups in total. The molecule has 1 saturated heterocycles. The molecule has 0 aromatic heterocycles. The quantitative estimate of drug-likeness (QED) is 0.713. The number of hydrogen-bond acceptors (Lipinski definition) is 4. The Hall–Kier alpha value is -1.93. The maximum atomic E-state index is 12.5. The minimum absolute atomic E-state index is 0.134. The molecule has 1 aliphatic rings. The van der Waals surface area contributed by atoms with Crippen LogP contribution >= 0.6 is 0 Å². The van der Waals surface area contributed by atoms with E-state index in [0.29, 0.717) is 37.9 Å². The first kappa shape index (κ1) is 20.4. The summed E-state index contributed by atoms with van der Waals surface area (Å²) in [7, 11) is -3.27. The highest BCUT2D eigenvalue weighted by molar-refractivity contribution is 7.89. The molecule has 1 amide bonds. The minimum atomic E-state index is -3.27. The topological polar surface area (TPSA) is 104 Å². The lowest BCUT2D eigenvalue weighted by atomic mass is 9.96. The Bertz CT molecular complexity index is 712. The highest BCUT2D eigenvalue weighted by atomic mass is 32.2. The molecule has 1 aromatic rings. The lowest BCUT2D eigenvalue weighted by Crippen LogP contribution is -2.45. The van der Waals surface area contributed by atoms with E-state index in [1.54, 1.807) is 30.3 Å². The number of piperidine rings is 1. The normalized spacial score (nSPS) is 17.6. The van der Waals surface area contributed by atoms with E-state index >= 15 is 0 Å². The lowest BCUT2D eigenvalue weighted by Gasteiger charge is -2.31. The van der Waals surface area contributed by atoms with Crippen molar-refractivity contribution in [1.29, 1.82) is 0 Å². The fourth-order valence-electron chi connectivity index (χ4n) is 3.05. The second-order valence-electron chi connectivity index (χ2n) is 6.53. The van der Waals surface area contributed by atoms with E-state index in [1.165, 1.54) is 4.31 Å². The molecule has 1 atom stereocenters. The zero-order valence-corrected chi connectivity index (χ0v) is 15.7. The molecule has 0 bridgehead atoms. The second-order valence-corrected chi connectivity index (χ2v) is 8.62. The first-order valence-electron chi connectivity index (χ1n) is 8.91. The minimum Gasteiger partial charge on any atom is -0.479 e. The van der Waals surface area contributed by atoms with E-state index in [9.17, 15) is 23.1 Å². The molecule has 0 spiro atoms. The van der Waals surface area contributed by atoms with E-state index in [4.69, 9.17) is 0 Å². The number of benzene rings is 1. The van der Waals surface area contributed by atoms with Crippen molar-refractivity contribution in [2.24, 2.45) is 5.92 Å². The van der Waals surface area contributed by atoms with Crippen LogP contribution in [0.15, 0.2) is 30.3 Å². The number of aliphatic carboxylic acids is 1. The molecule has 1 aromatic carbocycles. The molecule has 0 aliphatic carbocycles. The molecule has 0 unspecified atom stereocenters. The van der Waals surface area contributed by atoms with E-state index in [2.05, 4.69) is 5.32 Å². The van der Waals surface area contributed by atoms with Crippen LogP contribution in [0.5, 0.6) is 0 Å². The van der Waals surface area contributed by atoms with Crippen LogP contribution in [0.4, 0.5) is 0 Å². The van der Waals surface area contributed by atoms with E-state index in [1.807, 2.05) is 6.92 Å². The standard InChI is InChI=1S/C18H26N2O5S/c1-2-3-13-26(24,25)20-11-9-15(10-12-20)17(21)19-16(18(22)23)14-7-5-4-6-8-14/h4-8,15-16H,2-3,9-13H2,1H3,(H,19,21)(H,22,23)/t16-/m0/s1. The van der Waals surface area contributed by atoms with Crippen LogP contribution in [-0.4, -0.2) is 48.5 Å². The van der Waals surface area contributed by atoms with Crippen molar-refractivity contribution in [3.63, 3.8) is 0 Å². The van der Waals surface area contributed by atoms with Crippen molar-refractivity contribution in [3.8, 4) is 0 Å². The number of carboxylic acid groups (broad SMARTS) is 1. The van der Waals surface area contributed by atoms with Crippen LogP contribution < -0.4 is 5.32 Å². The van der Waals surface area contributed by atoms with Gasteiger partial charge in [0, 0.05) is 19.0 Å². The van der Waals surface area contributed by atoms with Crippen molar-refractivity contribution >= 4 is 21.9 Å². The van der Waals surface area contributed by atoms with Crippen LogP contribution in [0, 0.1) is 5.92 Å². The Morgan fingerprint density at radius 1 is 1.23 bits per heavy atom. The molecule has 8 heteroatoms. The predicted octanol–water partition coefficient (Wildman–Crippen LogP) is 1.77. The monoisotopic (exact) mass is 382 g/mol. The first-order chi connectivity index (χ1) is 12.3. The van der Waals surface area contributed by atoms with Crippen molar-refractivity contribution < 1.29 is 23.1 Å². The average molecular weight is 382 g/mol. The zero-order valence-electron chi connectivity index (χ0n) is 14.9. The number of amides is 1. The predicted molar refractivity (Wildman–Crippen MR) is 98.0 cm³/mol. The summed E-state index contributed by atoms with van der Waals surface area (Å²) in [6.45, 7) is 2.54. The number of carboxylic acids is 1. The van der Waals surface area contributed by atoms with Crippen LogP contribution in [0.1, 0.15) is 44.2 Å². The molecule has 26 heavy (non-hydrogen) atoms. The fraction of sp³-hybridized carbons (Fsp3) is 0.556. The Labute approximate surface area is 154 Å². The van der Waals surface area contributed by atoms with E-state index < -0.39 is 22.0 Å². The lowest BCUT2D eigenvalue weighted by molar-refractivity contribution is -0.142. The van der Waals surface area contributed by atoms with Gasteiger partial charge in [0.05, 0.1) is 5.75 Å². The van der Waals surface area contributed by atoms with Gasteiger partial charge in [-0.25, -0.2) is 17.5 Å². The molecular weight excluding hydrogens is 356 g/mol. The van der Waals surface area contributed by atoms with Gasteiger partial charge in [-0.05, 0) is 24.8 Å². The van der Waals surface area contributed by atoms with Gasteiger partial charge < -0.3 is 10.4 Å². The van der Waals surface area contributed by atoms with Crippen LogP contribution in [-0.2, 0) is 19.6 Å². The SMILES string of the molecule is CCCCS(=O)(=O)N1CCC(C(=O)N[C@H](C(=O)O)c2ccccc2)CC1. The average Bonchev–Trinajstić information content (AvgIpc) is 2.65. The number of nitrogens with zero attached hydrogens (tertiary/aromatic N) is 1. The zero-order chi connectivity index (χ0) is 19.2. The van der Waals surface area contributed by atoms with Gasteiger partial charge >= 0.3 is 5.97 Å². The smallest absolute Gasteiger partial charge is 0.330 e. The van der Waals surface area contributed by atoms with Crippen LogP contribution in [0.2, 0.25) is 0 Å². The molecule has 7 nitrogen and oxygen atoms in total. The maximum absolute atomic E-state index is 12.5. The van der Waals surface area contributed by atoms with Gasteiger partial charge in [-0.15, -0.1) is 0 Å². The van der Waals surface area contributed by atoms with E-state index in [-0.39, 0.29) is 17.6 Å². The highest BCUT2D eigenvalue weighted by Crippen LogP contribution is 2.22. The molecule has 144 valence electrons. The van der Waals surface area contributed by atoms with Crippen LogP contribution in [0.25, 0.3) is 0 Å². The van der Waals surface area contributed by atoms with Gasteiger partial charge in [0.25, 0.3) is 0 Å². The first-order valence-corrected chi connectivity index (χ1v) is 10.5. The molecule has 0 saturated carbocycles. The van der Waals surface area contributed by atoms with Gasteiger partial charge in [-0.1, -0.05) is 43.7 Å². The molecule has 1 aliphatic heterocycles. The summed E-state index contributed by atoms with van der Waals surface area (Å²) < 4.78 is 25.9. The van der Waals surface area contributed by atoms with Crippen molar-refractivity contribution in [2.45, 2.75) is 38.6 Å². The molecule has 2 rings (SSSR count). The van der Waals surface area contributed by atoms with Crippen molar-refractivity contribution in [1.82, 2.24) is 9.62 Å². The number of carbonyl (C=O) groups excluding carboxylic acids is 1. The van der Waals surface area contributed by atoms with Crippen molar-refractivity contribution in [2.75, 3.05) is 18.8 Å². The highest BCUT2D eigenvalue weighted by Gasteiger charge is 2.32. The molecule has 1 fully saturated rings. The third-order valence-electron chi connectivity index (χ3n) is 4.64. The summed E-state index contributed by atoms with van der Waals surface area (Å²) in [5, 5.41) is 12.0. The fourth-order valence-corrected chi connectivity index (χ4v) is 4.72. The number of rotatable bonds is 8. The number of nitrogens with one attached hydrogen (secondary N) is 1. The summed E-state index contributed by atoms with van der Waals surface area (Å²) in [6.07, 6.45) is 2.24. The van der Waals surface area contributed by atoms with Gasteiger partial charge in [-0.3, -0.25) is 4.79 Å². The summed E-state index contributed by atoms with van der Waals surface area (Å²) in [5.41, 5.74) is 0.507. The molecular formula is C18H26N2O5S. The number of carbonyl (C=O) groups is 2. The summed E-state index contributed by atoms with van der Waals surface area (Å²) in [5.74, 6) is -1.70. The Balaban J connectivity index is 1.94. The summed E-state index contributed by atoms with van der Waals surface area (Å²) in [4.78, 5) is 24.0. The third kappa shape index (κ3) is 5.28. The van der Waals surface area contributed by atoms with Gasteiger partial charge in [0.2, 0.25) is 15.9 Å². The third-order valence-corrected chi connectivity index (χ3v) is 6.60. The van der Waals surface area contributed by atoms with E-state index in [0.717, 1.165) is 6.42 Å². The Morgan fingerprint density at radius 3 is 2.38 bits per heavy atom.